The molecule has 8 nitrogen and oxygen atoms in total. The Kier molecular flexibility index (Phi) is 5.09. The molecule has 2 aliphatic heterocycles. The number of hydrogen-bond donors (Lipinski definition) is 2. The van der Waals surface area contributed by atoms with Crippen molar-refractivity contribution in [2.75, 3.05) is 20.8 Å². The minimum absolute atomic E-state index is 0.0141. The molecule has 0 radical (unpaired) electrons. The number of esters is 1. The highest BCUT2D eigenvalue weighted by atomic mass is 32.2. The number of fused-ring (bicyclic) bond motifs is 9. The van der Waals surface area contributed by atoms with Crippen molar-refractivity contribution in [2.45, 2.75) is 22.6 Å². The highest BCUT2D eigenvalue weighted by molar-refractivity contribution is 8.00. The Bertz CT molecular complexity index is 1290. The number of carbonyl (C=O) groups is 3. The van der Waals surface area contributed by atoms with Crippen molar-refractivity contribution in [1.82, 2.24) is 9.88 Å². The number of nitrogens with one attached hydrogen (secondary N) is 1. The number of thiazole rings is 1. The number of phenols is 1. The lowest BCUT2D eigenvalue weighted by atomic mass is 9.68. The fraction of sp³-hybridized carbons (Fsp3) is 0.478. The summed E-state index contributed by atoms with van der Waals surface area (Å²) in [7, 11) is 2.77. The maximum atomic E-state index is 13.4. The zero-order valence-electron chi connectivity index (χ0n) is 18.3. The third-order valence-electron chi connectivity index (χ3n) is 7.89. The fourth-order valence-corrected chi connectivity index (χ4v) is 10.0. The standard InChI is InChI=1S/C23H22N2O6S3/c1-30-12-5-8(3-4-11(12)26)14-15-9-6-10(18(15)33-20-19(14)34-23(32)24-20)17-16(9)21(28)25(22(17)29)7-13(27)31-2/h3-5,9-10,14-18,26H,6-7H2,1-2H3,(H,24,32). The number of rotatable bonds is 4. The van der Waals surface area contributed by atoms with E-state index in [1.165, 1.54) is 25.6 Å². The van der Waals surface area contributed by atoms with Crippen molar-refractivity contribution in [3.8, 4) is 11.5 Å². The molecule has 2 amide bonds. The summed E-state index contributed by atoms with van der Waals surface area (Å²) in [4.78, 5) is 44.0. The van der Waals surface area contributed by atoms with E-state index in [-0.39, 0.29) is 53.0 Å². The third-order valence-corrected chi connectivity index (χ3v) is 10.8. The Morgan fingerprint density at radius 2 is 1.97 bits per heavy atom. The second-order valence-electron chi connectivity index (χ2n) is 9.23. The lowest BCUT2D eigenvalue weighted by Gasteiger charge is -2.43. The Morgan fingerprint density at radius 1 is 1.24 bits per heavy atom. The van der Waals surface area contributed by atoms with Gasteiger partial charge in [0.2, 0.25) is 11.8 Å². The predicted octanol–water partition coefficient (Wildman–Crippen LogP) is 3.17. The van der Waals surface area contributed by atoms with Gasteiger partial charge in [0, 0.05) is 16.0 Å². The number of ether oxygens (including phenoxy) is 2. The number of likely N-dealkylation sites (tertiary alicyclic amines) is 1. The molecular formula is C23H22N2O6S3. The lowest BCUT2D eigenvalue weighted by molar-refractivity contribution is -0.151. The van der Waals surface area contributed by atoms with Crippen molar-refractivity contribution >= 4 is 53.1 Å². The average molecular weight is 519 g/mol. The Morgan fingerprint density at radius 3 is 2.68 bits per heavy atom. The molecule has 7 unspecified atom stereocenters. The molecule has 6 rings (SSSR count). The monoisotopic (exact) mass is 518 g/mol. The number of carbonyl (C=O) groups excluding carboxylic acids is 3. The minimum atomic E-state index is -0.593. The molecule has 1 aromatic carbocycles. The fourth-order valence-electron chi connectivity index (χ4n) is 6.69. The van der Waals surface area contributed by atoms with E-state index < -0.39 is 17.8 Å². The van der Waals surface area contributed by atoms with Crippen LogP contribution in [0.5, 0.6) is 11.5 Å². The van der Waals surface area contributed by atoms with Gasteiger partial charge in [-0.15, -0.1) is 23.1 Å². The second kappa shape index (κ2) is 7.82. The van der Waals surface area contributed by atoms with E-state index in [1.54, 1.807) is 17.8 Å². The summed E-state index contributed by atoms with van der Waals surface area (Å²) in [5, 5.41) is 11.3. The molecule has 11 heteroatoms. The first-order valence-electron chi connectivity index (χ1n) is 11.0. The normalized spacial score (nSPS) is 33.0. The van der Waals surface area contributed by atoms with E-state index >= 15 is 0 Å². The van der Waals surface area contributed by atoms with Crippen LogP contribution in [0.25, 0.3) is 0 Å². The van der Waals surface area contributed by atoms with Gasteiger partial charge < -0.3 is 19.6 Å². The summed E-state index contributed by atoms with van der Waals surface area (Å²) >= 11 is 8.74. The smallest absolute Gasteiger partial charge is 0.325 e. The number of nitrogens with zero attached hydrogens (tertiary/aromatic N) is 1. The van der Waals surface area contributed by atoms with Gasteiger partial charge in [0.05, 0.1) is 31.1 Å². The van der Waals surface area contributed by atoms with E-state index in [0.29, 0.717) is 9.70 Å². The van der Waals surface area contributed by atoms with Crippen molar-refractivity contribution in [3.63, 3.8) is 0 Å². The van der Waals surface area contributed by atoms with Crippen LogP contribution >= 0.6 is 35.3 Å². The summed E-state index contributed by atoms with van der Waals surface area (Å²) in [5.74, 6) is -1.32. The number of methoxy groups -OCH3 is 2. The van der Waals surface area contributed by atoms with Gasteiger partial charge in [0.15, 0.2) is 15.5 Å². The van der Waals surface area contributed by atoms with Gasteiger partial charge in [-0.2, -0.15) is 0 Å². The van der Waals surface area contributed by atoms with Gasteiger partial charge in [-0.1, -0.05) is 6.07 Å². The van der Waals surface area contributed by atoms with Crippen LogP contribution in [0.3, 0.4) is 0 Å². The molecule has 4 aliphatic rings. The second-order valence-corrected chi connectivity index (χ2v) is 12.1. The van der Waals surface area contributed by atoms with Crippen LogP contribution in [0.4, 0.5) is 0 Å². The van der Waals surface area contributed by atoms with E-state index in [2.05, 4.69) is 4.98 Å². The van der Waals surface area contributed by atoms with Crippen molar-refractivity contribution in [3.05, 3.63) is 32.6 Å². The first-order chi connectivity index (χ1) is 16.3. The summed E-state index contributed by atoms with van der Waals surface area (Å²) in [6.07, 6.45) is 0.808. The van der Waals surface area contributed by atoms with Gasteiger partial charge in [-0.25, -0.2) is 0 Å². The molecular weight excluding hydrogens is 496 g/mol. The lowest BCUT2D eigenvalue weighted by Crippen LogP contribution is -2.42. The number of amides is 2. The molecule has 2 aromatic rings. The number of H-pyrrole nitrogens is 1. The minimum Gasteiger partial charge on any atom is -0.504 e. The van der Waals surface area contributed by atoms with E-state index in [4.69, 9.17) is 21.7 Å². The van der Waals surface area contributed by atoms with Gasteiger partial charge in [0.25, 0.3) is 0 Å². The molecule has 2 N–H and O–H groups in total. The molecule has 34 heavy (non-hydrogen) atoms. The predicted molar refractivity (Wildman–Crippen MR) is 126 cm³/mol. The summed E-state index contributed by atoms with van der Waals surface area (Å²) in [6.45, 7) is -0.331. The number of aromatic nitrogens is 1. The van der Waals surface area contributed by atoms with Gasteiger partial charge >= 0.3 is 5.97 Å². The van der Waals surface area contributed by atoms with Gasteiger partial charge in [-0.05, 0) is 54.1 Å². The third kappa shape index (κ3) is 2.96. The quantitative estimate of drug-likeness (QED) is 0.361. The van der Waals surface area contributed by atoms with E-state index in [1.807, 2.05) is 12.1 Å². The largest absolute Gasteiger partial charge is 0.504 e. The number of aromatic amines is 1. The molecule has 2 bridgehead atoms. The molecule has 7 atom stereocenters. The SMILES string of the molecule is COC(=O)CN1C(=O)C2C3CC(C2C1=O)C1C(c2ccc(O)c(OC)c2)c2sc(=S)[nH]c2SC31. The number of benzene rings is 1. The van der Waals surface area contributed by atoms with Crippen LogP contribution < -0.4 is 4.74 Å². The van der Waals surface area contributed by atoms with E-state index in [9.17, 15) is 19.5 Å². The zero-order valence-corrected chi connectivity index (χ0v) is 20.8. The van der Waals surface area contributed by atoms with Crippen LogP contribution in [0.15, 0.2) is 23.2 Å². The highest BCUT2D eigenvalue weighted by Gasteiger charge is 2.69. The molecule has 3 fully saturated rings. The molecule has 0 spiro atoms. The van der Waals surface area contributed by atoms with Crippen LogP contribution in [-0.4, -0.2) is 58.8 Å². The topological polar surface area (TPSA) is 109 Å². The molecule has 3 heterocycles. The van der Waals surface area contributed by atoms with Crippen LogP contribution in [0, 0.1) is 33.5 Å². The average Bonchev–Trinajstić information content (AvgIpc) is 3.55. The molecule has 2 aliphatic carbocycles. The number of aromatic hydroxyl groups is 1. The first-order valence-corrected chi connectivity index (χ1v) is 13.1. The number of phenolic OH excluding ortho intramolecular Hbond substituents is 1. The molecule has 1 saturated heterocycles. The number of thioether (sulfide) groups is 1. The highest BCUT2D eigenvalue weighted by Crippen LogP contribution is 2.68. The van der Waals surface area contributed by atoms with Crippen molar-refractivity contribution in [2.24, 2.45) is 29.6 Å². The Hall–Kier alpha value is -2.37. The maximum Gasteiger partial charge on any atom is 0.325 e. The van der Waals surface area contributed by atoms with Gasteiger partial charge in [-0.3, -0.25) is 19.3 Å². The van der Waals surface area contributed by atoms with Crippen LogP contribution in [0.1, 0.15) is 22.8 Å². The first kappa shape index (κ1) is 22.1. The van der Waals surface area contributed by atoms with E-state index in [0.717, 1.165) is 26.8 Å². The molecule has 1 aromatic heterocycles. The zero-order chi connectivity index (χ0) is 23.9. The Balaban J connectivity index is 1.44. The molecule has 2 saturated carbocycles. The van der Waals surface area contributed by atoms with Crippen molar-refractivity contribution < 1.29 is 29.0 Å². The summed E-state index contributed by atoms with van der Waals surface area (Å²) < 4.78 is 10.8. The van der Waals surface area contributed by atoms with Crippen LogP contribution in [-0.2, 0) is 19.1 Å². The van der Waals surface area contributed by atoms with Crippen LogP contribution in [0.2, 0.25) is 0 Å². The van der Waals surface area contributed by atoms with Gasteiger partial charge in [0.1, 0.15) is 6.54 Å². The molecule has 178 valence electrons. The van der Waals surface area contributed by atoms with Crippen molar-refractivity contribution in [1.29, 1.82) is 0 Å². The summed E-state index contributed by atoms with van der Waals surface area (Å²) in [6, 6.07) is 5.39. The number of imide groups is 1. The maximum absolute atomic E-state index is 13.4. The Labute approximate surface area is 208 Å². The summed E-state index contributed by atoms with van der Waals surface area (Å²) in [5.41, 5.74) is 0.990. The number of hydrogen-bond acceptors (Lipinski definition) is 9.